The van der Waals surface area contributed by atoms with E-state index in [1.165, 1.54) is 0 Å². The maximum atomic E-state index is 5.72. The molecule has 0 spiro atoms. The minimum Gasteiger partial charge on any atom is -0.483 e. The van der Waals surface area contributed by atoms with E-state index in [1.807, 2.05) is 30.3 Å². The van der Waals surface area contributed by atoms with E-state index in [0.717, 1.165) is 16.5 Å². The molecule has 0 bridgehead atoms. The summed E-state index contributed by atoms with van der Waals surface area (Å²) in [6, 6.07) is 14.0. The van der Waals surface area contributed by atoms with Crippen molar-refractivity contribution >= 4 is 10.8 Å². The van der Waals surface area contributed by atoms with E-state index in [0.29, 0.717) is 11.8 Å². The van der Waals surface area contributed by atoms with Crippen molar-refractivity contribution in [1.82, 2.24) is 10.2 Å². The number of fused-ring (bicyclic) bond motifs is 1. The Morgan fingerprint density at radius 3 is 2.72 bits per heavy atom. The Morgan fingerprint density at radius 2 is 1.89 bits per heavy atom. The number of hydrogen-bond acceptors (Lipinski definition) is 4. The monoisotopic (exact) mass is 240 g/mol. The zero-order valence-corrected chi connectivity index (χ0v) is 9.96. The number of nitrogens with zero attached hydrogens (tertiary/aromatic N) is 2. The number of aryl methyl sites for hydroxylation is 1. The van der Waals surface area contributed by atoms with Gasteiger partial charge in [0.25, 0.3) is 5.89 Å². The van der Waals surface area contributed by atoms with Crippen LogP contribution in [0.5, 0.6) is 5.75 Å². The van der Waals surface area contributed by atoms with Crippen LogP contribution in [0.15, 0.2) is 46.9 Å². The summed E-state index contributed by atoms with van der Waals surface area (Å²) < 4.78 is 11.0. The topological polar surface area (TPSA) is 48.2 Å². The molecule has 4 heteroatoms. The molecule has 0 atom stereocenters. The predicted octanol–water partition coefficient (Wildman–Crippen LogP) is 3.11. The van der Waals surface area contributed by atoms with Crippen molar-refractivity contribution in [1.29, 1.82) is 0 Å². The van der Waals surface area contributed by atoms with Crippen LogP contribution in [0.2, 0.25) is 0 Å². The molecule has 2 aromatic carbocycles. The smallest absolute Gasteiger partial charge is 0.253 e. The number of benzene rings is 2. The summed E-state index contributed by atoms with van der Waals surface area (Å²) in [5.74, 6) is 1.86. The maximum Gasteiger partial charge on any atom is 0.253 e. The molecule has 0 unspecified atom stereocenters. The molecule has 4 nitrogen and oxygen atoms in total. The highest BCUT2D eigenvalue weighted by molar-refractivity contribution is 5.88. The van der Waals surface area contributed by atoms with Crippen molar-refractivity contribution in [2.24, 2.45) is 0 Å². The van der Waals surface area contributed by atoms with Crippen LogP contribution in [0.1, 0.15) is 11.8 Å². The van der Waals surface area contributed by atoms with Crippen molar-refractivity contribution in [2.75, 3.05) is 0 Å². The van der Waals surface area contributed by atoms with E-state index in [2.05, 4.69) is 22.3 Å². The molecular formula is C14H12N2O2. The lowest BCUT2D eigenvalue weighted by molar-refractivity contribution is 0.263. The van der Waals surface area contributed by atoms with Crippen molar-refractivity contribution in [3.63, 3.8) is 0 Å². The van der Waals surface area contributed by atoms with Gasteiger partial charge in [-0.2, -0.15) is 0 Å². The molecule has 0 aliphatic carbocycles. The Morgan fingerprint density at radius 1 is 1.06 bits per heavy atom. The standard InChI is InChI=1S/C14H12N2O2/c1-10-15-16-14(18-10)9-17-13-8-4-6-11-5-2-3-7-12(11)13/h2-8H,9H2,1H3. The zero-order chi connectivity index (χ0) is 12.4. The van der Waals surface area contributed by atoms with Gasteiger partial charge in [-0.1, -0.05) is 36.4 Å². The minimum atomic E-state index is 0.287. The minimum absolute atomic E-state index is 0.287. The van der Waals surface area contributed by atoms with Crippen molar-refractivity contribution in [3.8, 4) is 5.75 Å². The van der Waals surface area contributed by atoms with E-state index >= 15 is 0 Å². The first kappa shape index (κ1) is 10.8. The second-order valence-electron chi connectivity index (χ2n) is 3.98. The summed E-state index contributed by atoms with van der Waals surface area (Å²) in [4.78, 5) is 0. The highest BCUT2D eigenvalue weighted by atomic mass is 16.5. The van der Waals surface area contributed by atoms with Gasteiger partial charge in [-0.3, -0.25) is 0 Å². The number of ether oxygens (including phenoxy) is 1. The fraction of sp³-hybridized carbons (Fsp3) is 0.143. The lowest BCUT2D eigenvalue weighted by Gasteiger charge is -2.06. The maximum absolute atomic E-state index is 5.72. The molecular weight excluding hydrogens is 228 g/mol. The molecule has 0 aliphatic heterocycles. The van der Waals surface area contributed by atoms with E-state index < -0.39 is 0 Å². The molecule has 3 rings (SSSR count). The average molecular weight is 240 g/mol. The van der Waals surface area contributed by atoms with Crippen LogP contribution in [0.25, 0.3) is 10.8 Å². The van der Waals surface area contributed by atoms with Crippen molar-refractivity contribution in [2.45, 2.75) is 13.5 Å². The van der Waals surface area contributed by atoms with Gasteiger partial charge in [-0.05, 0) is 11.5 Å². The summed E-state index contributed by atoms with van der Waals surface area (Å²) in [6.07, 6.45) is 0. The summed E-state index contributed by atoms with van der Waals surface area (Å²) in [5.41, 5.74) is 0. The fourth-order valence-electron chi connectivity index (χ4n) is 1.86. The van der Waals surface area contributed by atoms with Crippen LogP contribution in [0, 0.1) is 6.92 Å². The molecule has 1 heterocycles. The summed E-state index contributed by atoms with van der Waals surface area (Å²) in [6.45, 7) is 2.04. The van der Waals surface area contributed by atoms with Gasteiger partial charge in [0.2, 0.25) is 5.89 Å². The van der Waals surface area contributed by atoms with Crippen LogP contribution in [-0.4, -0.2) is 10.2 Å². The SMILES string of the molecule is Cc1nnc(COc2cccc3ccccc23)o1. The number of hydrogen-bond donors (Lipinski definition) is 0. The third kappa shape index (κ3) is 2.05. The van der Waals surface area contributed by atoms with Crippen LogP contribution in [0.3, 0.4) is 0 Å². The average Bonchev–Trinajstić information content (AvgIpc) is 2.82. The van der Waals surface area contributed by atoms with Gasteiger partial charge in [0.05, 0.1) is 0 Å². The molecule has 0 N–H and O–H groups in total. The van der Waals surface area contributed by atoms with Crippen molar-refractivity contribution in [3.05, 3.63) is 54.2 Å². The Bertz CT molecular complexity index is 671. The van der Waals surface area contributed by atoms with Crippen LogP contribution in [-0.2, 0) is 6.61 Å². The molecule has 3 aromatic rings. The normalized spacial score (nSPS) is 10.7. The quantitative estimate of drug-likeness (QED) is 0.705. The van der Waals surface area contributed by atoms with Gasteiger partial charge in [-0.15, -0.1) is 10.2 Å². The van der Waals surface area contributed by atoms with Gasteiger partial charge in [0.1, 0.15) is 5.75 Å². The largest absolute Gasteiger partial charge is 0.483 e. The molecule has 0 radical (unpaired) electrons. The molecule has 0 amide bonds. The zero-order valence-electron chi connectivity index (χ0n) is 9.96. The van der Waals surface area contributed by atoms with E-state index in [4.69, 9.17) is 9.15 Å². The number of aromatic nitrogens is 2. The van der Waals surface area contributed by atoms with E-state index in [1.54, 1.807) is 6.92 Å². The second-order valence-corrected chi connectivity index (χ2v) is 3.98. The molecule has 0 fully saturated rings. The second kappa shape index (κ2) is 4.49. The first-order chi connectivity index (χ1) is 8.83. The molecule has 18 heavy (non-hydrogen) atoms. The predicted molar refractivity (Wildman–Crippen MR) is 67.3 cm³/mol. The fourth-order valence-corrected chi connectivity index (χ4v) is 1.86. The van der Waals surface area contributed by atoms with Gasteiger partial charge < -0.3 is 9.15 Å². The van der Waals surface area contributed by atoms with Gasteiger partial charge in [-0.25, -0.2) is 0 Å². The summed E-state index contributed by atoms with van der Waals surface area (Å²) >= 11 is 0. The lowest BCUT2D eigenvalue weighted by atomic mass is 10.1. The molecule has 0 saturated carbocycles. The Balaban J connectivity index is 1.86. The number of rotatable bonds is 3. The van der Waals surface area contributed by atoms with E-state index in [-0.39, 0.29) is 6.61 Å². The molecule has 90 valence electrons. The highest BCUT2D eigenvalue weighted by Crippen LogP contribution is 2.25. The summed E-state index contributed by atoms with van der Waals surface area (Å²) in [5, 5.41) is 9.89. The van der Waals surface area contributed by atoms with Gasteiger partial charge >= 0.3 is 0 Å². The van der Waals surface area contributed by atoms with Gasteiger partial charge in [0.15, 0.2) is 6.61 Å². The van der Waals surface area contributed by atoms with Crippen molar-refractivity contribution < 1.29 is 9.15 Å². The molecule has 0 saturated heterocycles. The van der Waals surface area contributed by atoms with Crippen LogP contribution >= 0.6 is 0 Å². The molecule has 1 aromatic heterocycles. The third-order valence-corrected chi connectivity index (χ3v) is 2.67. The first-order valence-electron chi connectivity index (χ1n) is 5.72. The Kier molecular flexibility index (Phi) is 2.68. The molecule has 0 aliphatic rings. The van der Waals surface area contributed by atoms with E-state index in [9.17, 15) is 0 Å². The Labute approximate surface area is 104 Å². The Hall–Kier alpha value is -2.36. The summed E-state index contributed by atoms with van der Waals surface area (Å²) in [7, 11) is 0. The first-order valence-corrected chi connectivity index (χ1v) is 5.72. The van der Waals surface area contributed by atoms with Gasteiger partial charge in [0, 0.05) is 12.3 Å². The lowest BCUT2D eigenvalue weighted by Crippen LogP contribution is -1.96. The third-order valence-electron chi connectivity index (χ3n) is 2.67. The highest BCUT2D eigenvalue weighted by Gasteiger charge is 2.05. The van der Waals surface area contributed by atoms with Crippen LogP contribution in [0.4, 0.5) is 0 Å². The van der Waals surface area contributed by atoms with Crippen LogP contribution < -0.4 is 4.74 Å².